The van der Waals surface area contributed by atoms with E-state index in [0.717, 1.165) is 17.7 Å². The molecule has 0 bridgehead atoms. The van der Waals surface area contributed by atoms with Crippen LogP contribution in [0.15, 0.2) is 40.9 Å². The summed E-state index contributed by atoms with van der Waals surface area (Å²) in [6.07, 6.45) is 0.763. The molecule has 3 rings (SSSR count). The van der Waals surface area contributed by atoms with E-state index in [-0.39, 0.29) is 11.5 Å². The molecule has 2 aromatic carbocycles. The Labute approximate surface area is 124 Å². The number of hydrogen-bond acceptors (Lipinski definition) is 2. The van der Waals surface area contributed by atoms with Crippen molar-refractivity contribution in [3.05, 3.63) is 57.8 Å². The van der Waals surface area contributed by atoms with Gasteiger partial charge in [0.1, 0.15) is 5.82 Å². The van der Waals surface area contributed by atoms with Crippen LogP contribution in [0.1, 0.15) is 15.9 Å². The van der Waals surface area contributed by atoms with Crippen LogP contribution in [0, 0.1) is 5.82 Å². The van der Waals surface area contributed by atoms with Crippen LogP contribution in [0.4, 0.5) is 15.8 Å². The molecule has 0 saturated heterocycles. The number of nitrogens with zero attached hydrogens (tertiary/aromatic N) is 1. The Balaban J connectivity index is 1.99. The first-order valence-electron chi connectivity index (χ1n) is 6.21. The van der Waals surface area contributed by atoms with E-state index >= 15 is 0 Å². The minimum atomic E-state index is -0.526. The molecule has 0 fully saturated rings. The molecule has 20 heavy (non-hydrogen) atoms. The van der Waals surface area contributed by atoms with E-state index in [4.69, 9.17) is 5.73 Å². The summed E-state index contributed by atoms with van der Waals surface area (Å²) in [4.78, 5) is 14.1. The Morgan fingerprint density at radius 2 is 2.05 bits per heavy atom. The molecule has 1 aliphatic heterocycles. The number of carbonyl (C=O) groups excluding carboxylic acids is 1. The van der Waals surface area contributed by atoms with Crippen LogP contribution in [0.5, 0.6) is 0 Å². The Kier molecular flexibility index (Phi) is 3.22. The fraction of sp³-hybridized carbons (Fsp3) is 0.133. The van der Waals surface area contributed by atoms with Gasteiger partial charge in [-0.15, -0.1) is 0 Å². The predicted octanol–water partition coefficient (Wildman–Crippen LogP) is 3.37. The molecule has 0 saturated carbocycles. The number of nitrogen functional groups attached to an aromatic ring is 1. The van der Waals surface area contributed by atoms with Gasteiger partial charge in [0.2, 0.25) is 0 Å². The van der Waals surface area contributed by atoms with Gasteiger partial charge in [-0.2, -0.15) is 0 Å². The van der Waals surface area contributed by atoms with Crippen molar-refractivity contribution in [2.24, 2.45) is 0 Å². The van der Waals surface area contributed by atoms with Crippen molar-refractivity contribution in [3.63, 3.8) is 0 Å². The molecule has 1 amide bonds. The van der Waals surface area contributed by atoms with Gasteiger partial charge in [0.25, 0.3) is 5.91 Å². The van der Waals surface area contributed by atoms with Gasteiger partial charge in [0, 0.05) is 22.4 Å². The molecule has 0 radical (unpaired) electrons. The third-order valence-corrected chi connectivity index (χ3v) is 3.90. The highest BCUT2D eigenvalue weighted by Gasteiger charge is 2.27. The molecule has 0 aromatic heterocycles. The topological polar surface area (TPSA) is 46.3 Å². The molecule has 0 aliphatic carbocycles. The summed E-state index contributed by atoms with van der Waals surface area (Å²) in [5.41, 5.74) is 8.27. The molecule has 0 atom stereocenters. The van der Waals surface area contributed by atoms with Crippen molar-refractivity contribution in [1.29, 1.82) is 0 Å². The number of fused-ring (bicyclic) bond motifs is 1. The first-order chi connectivity index (χ1) is 9.56. The van der Waals surface area contributed by atoms with Crippen LogP contribution in [0.3, 0.4) is 0 Å². The SMILES string of the molecule is Nc1ccc2c(c1)N(C(=O)c1ccc(Br)cc1F)CC2. The third-order valence-electron chi connectivity index (χ3n) is 3.41. The maximum absolute atomic E-state index is 13.9. The van der Waals surface area contributed by atoms with E-state index in [0.29, 0.717) is 16.7 Å². The fourth-order valence-corrected chi connectivity index (χ4v) is 2.75. The lowest BCUT2D eigenvalue weighted by atomic mass is 10.1. The van der Waals surface area contributed by atoms with Crippen LogP contribution in [0.2, 0.25) is 0 Å². The molecule has 1 aliphatic rings. The van der Waals surface area contributed by atoms with E-state index in [9.17, 15) is 9.18 Å². The summed E-state index contributed by atoms with van der Waals surface area (Å²) < 4.78 is 14.5. The lowest BCUT2D eigenvalue weighted by Gasteiger charge is -2.18. The lowest BCUT2D eigenvalue weighted by Crippen LogP contribution is -2.29. The van der Waals surface area contributed by atoms with Crippen LogP contribution in [-0.4, -0.2) is 12.5 Å². The van der Waals surface area contributed by atoms with E-state index in [1.165, 1.54) is 12.1 Å². The molecule has 2 aromatic rings. The molecule has 3 nitrogen and oxygen atoms in total. The summed E-state index contributed by atoms with van der Waals surface area (Å²) in [6, 6.07) is 9.93. The number of halogens is 2. The van der Waals surface area contributed by atoms with Crippen LogP contribution >= 0.6 is 15.9 Å². The van der Waals surface area contributed by atoms with Crippen molar-refractivity contribution in [2.75, 3.05) is 17.2 Å². The Morgan fingerprint density at radius 3 is 2.80 bits per heavy atom. The minimum absolute atomic E-state index is 0.0727. The van der Waals surface area contributed by atoms with Crippen molar-refractivity contribution >= 4 is 33.2 Å². The molecular formula is C15H12BrFN2O. The van der Waals surface area contributed by atoms with Crippen LogP contribution < -0.4 is 10.6 Å². The van der Waals surface area contributed by atoms with E-state index in [2.05, 4.69) is 15.9 Å². The maximum Gasteiger partial charge on any atom is 0.261 e. The highest BCUT2D eigenvalue weighted by atomic mass is 79.9. The van der Waals surface area contributed by atoms with Gasteiger partial charge in [-0.3, -0.25) is 4.79 Å². The minimum Gasteiger partial charge on any atom is -0.399 e. The average molecular weight is 335 g/mol. The second kappa shape index (κ2) is 4.90. The summed E-state index contributed by atoms with van der Waals surface area (Å²) in [6.45, 7) is 0.549. The zero-order valence-electron chi connectivity index (χ0n) is 10.6. The van der Waals surface area contributed by atoms with E-state index in [1.807, 2.05) is 12.1 Å². The summed E-state index contributed by atoms with van der Waals surface area (Å²) >= 11 is 3.18. The van der Waals surface area contributed by atoms with Gasteiger partial charge in [-0.1, -0.05) is 22.0 Å². The summed E-state index contributed by atoms with van der Waals surface area (Å²) in [7, 11) is 0. The average Bonchev–Trinajstić information content (AvgIpc) is 2.81. The number of rotatable bonds is 1. The number of anilines is 2. The largest absolute Gasteiger partial charge is 0.399 e. The predicted molar refractivity (Wildman–Crippen MR) is 80.3 cm³/mol. The first kappa shape index (κ1) is 13.1. The molecule has 0 unspecified atom stereocenters. The molecule has 1 heterocycles. The second-order valence-corrected chi connectivity index (χ2v) is 5.63. The third kappa shape index (κ3) is 2.18. The highest BCUT2D eigenvalue weighted by molar-refractivity contribution is 9.10. The lowest BCUT2D eigenvalue weighted by molar-refractivity contribution is 0.0985. The van der Waals surface area contributed by atoms with Crippen LogP contribution in [0.25, 0.3) is 0 Å². The van der Waals surface area contributed by atoms with Gasteiger partial charge in [0.05, 0.1) is 5.56 Å². The number of benzene rings is 2. The van der Waals surface area contributed by atoms with E-state index in [1.54, 1.807) is 17.0 Å². The van der Waals surface area contributed by atoms with Gasteiger partial charge in [-0.05, 0) is 42.3 Å². The molecule has 0 spiro atoms. The van der Waals surface area contributed by atoms with Gasteiger partial charge >= 0.3 is 0 Å². The smallest absolute Gasteiger partial charge is 0.261 e. The van der Waals surface area contributed by atoms with Crippen molar-refractivity contribution < 1.29 is 9.18 Å². The van der Waals surface area contributed by atoms with Crippen molar-refractivity contribution in [1.82, 2.24) is 0 Å². The van der Waals surface area contributed by atoms with Crippen LogP contribution in [-0.2, 0) is 6.42 Å². The Hall–Kier alpha value is -1.88. The van der Waals surface area contributed by atoms with E-state index < -0.39 is 5.82 Å². The summed E-state index contributed by atoms with van der Waals surface area (Å²) in [5.74, 6) is -0.860. The Bertz CT molecular complexity index is 702. The highest BCUT2D eigenvalue weighted by Crippen LogP contribution is 2.31. The number of amides is 1. The van der Waals surface area contributed by atoms with Gasteiger partial charge in [0.15, 0.2) is 0 Å². The normalized spacial score (nSPS) is 13.4. The van der Waals surface area contributed by atoms with Gasteiger partial charge < -0.3 is 10.6 Å². The summed E-state index contributed by atoms with van der Waals surface area (Å²) in [5, 5.41) is 0. The second-order valence-electron chi connectivity index (χ2n) is 4.72. The quantitative estimate of drug-likeness (QED) is 0.812. The zero-order chi connectivity index (χ0) is 14.3. The standard InChI is InChI=1S/C15H12BrFN2O/c16-10-2-4-12(13(17)7-10)15(20)19-6-5-9-1-3-11(18)8-14(9)19/h1-4,7-8H,5-6,18H2. The fourth-order valence-electron chi connectivity index (χ4n) is 2.42. The molecule has 2 N–H and O–H groups in total. The maximum atomic E-state index is 13.9. The number of carbonyl (C=O) groups is 1. The number of hydrogen-bond donors (Lipinski definition) is 1. The monoisotopic (exact) mass is 334 g/mol. The first-order valence-corrected chi connectivity index (χ1v) is 7.01. The molecular weight excluding hydrogens is 323 g/mol. The Morgan fingerprint density at radius 1 is 1.25 bits per heavy atom. The zero-order valence-corrected chi connectivity index (χ0v) is 12.2. The number of nitrogens with two attached hydrogens (primary N) is 1. The van der Waals surface area contributed by atoms with Crippen molar-refractivity contribution in [3.8, 4) is 0 Å². The van der Waals surface area contributed by atoms with Crippen molar-refractivity contribution in [2.45, 2.75) is 6.42 Å². The van der Waals surface area contributed by atoms with Gasteiger partial charge in [-0.25, -0.2) is 4.39 Å². The molecule has 5 heteroatoms. The molecule has 102 valence electrons.